The maximum Gasteiger partial charge on any atom is 0.329 e. The molecule has 7 heteroatoms. The van der Waals surface area contributed by atoms with E-state index in [-0.39, 0.29) is 5.69 Å². The molecule has 1 aliphatic rings. The molecule has 0 radical (unpaired) electrons. The van der Waals surface area contributed by atoms with Gasteiger partial charge in [0.05, 0.1) is 4.92 Å². The molecule has 1 aromatic heterocycles. The second-order valence-electron chi connectivity index (χ2n) is 5.01. The highest BCUT2D eigenvalue weighted by Gasteiger charge is 2.34. The molecule has 0 bridgehead atoms. The Kier molecular flexibility index (Phi) is 4.70. The summed E-state index contributed by atoms with van der Waals surface area (Å²) in [5.41, 5.74) is -0.00704. The van der Waals surface area contributed by atoms with Crippen LogP contribution in [0.5, 0.6) is 0 Å². The van der Waals surface area contributed by atoms with Crippen molar-refractivity contribution in [2.45, 2.75) is 45.6 Å². The zero-order valence-electron chi connectivity index (χ0n) is 12.0. The van der Waals surface area contributed by atoms with Crippen molar-refractivity contribution < 1.29 is 4.92 Å². The van der Waals surface area contributed by atoms with E-state index >= 15 is 0 Å². The number of hydrogen-bond acceptors (Lipinski definition) is 6. The topological polar surface area (TPSA) is 84.2 Å². The number of nitro groups is 1. The van der Waals surface area contributed by atoms with Gasteiger partial charge in [0.25, 0.3) is 0 Å². The lowest BCUT2D eigenvalue weighted by Gasteiger charge is -2.22. The smallest absolute Gasteiger partial charge is 0.329 e. The van der Waals surface area contributed by atoms with Gasteiger partial charge in [-0.2, -0.15) is 4.98 Å². The molecule has 1 aliphatic carbocycles. The molecular formula is C13H21N5O2. The number of nitrogens with one attached hydrogen (secondary N) is 1. The van der Waals surface area contributed by atoms with Gasteiger partial charge in [-0.05, 0) is 25.7 Å². The van der Waals surface area contributed by atoms with Gasteiger partial charge < -0.3 is 10.2 Å². The zero-order valence-corrected chi connectivity index (χ0v) is 12.0. The Morgan fingerprint density at radius 2 is 2.20 bits per heavy atom. The summed E-state index contributed by atoms with van der Waals surface area (Å²) in [6.45, 7) is 5.66. The molecule has 1 N–H and O–H groups in total. The van der Waals surface area contributed by atoms with Crippen LogP contribution in [0.3, 0.4) is 0 Å². The second-order valence-corrected chi connectivity index (χ2v) is 5.01. The van der Waals surface area contributed by atoms with Gasteiger partial charge >= 0.3 is 5.69 Å². The minimum absolute atomic E-state index is 0.00704. The fraction of sp³-hybridized carbons (Fsp3) is 0.692. The van der Waals surface area contributed by atoms with Crippen molar-refractivity contribution in [2.75, 3.05) is 23.3 Å². The fourth-order valence-electron chi connectivity index (χ4n) is 2.12. The lowest BCUT2D eigenvalue weighted by molar-refractivity contribution is -0.384. The van der Waals surface area contributed by atoms with Gasteiger partial charge in [-0.15, -0.1) is 0 Å². The predicted octanol–water partition coefficient (Wildman–Crippen LogP) is 2.59. The van der Waals surface area contributed by atoms with E-state index in [0.717, 1.165) is 38.8 Å². The van der Waals surface area contributed by atoms with Gasteiger partial charge in [0, 0.05) is 19.1 Å². The number of aromatic nitrogens is 2. The van der Waals surface area contributed by atoms with Crippen molar-refractivity contribution in [1.29, 1.82) is 0 Å². The molecule has 0 spiro atoms. The Morgan fingerprint density at radius 1 is 1.45 bits per heavy atom. The van der Waals surface area contributed by atoms with Gasteiger partial charge in [0.1, 0.15) is 6.20 Å². The third-order valence-electron chi connectivity index (χ3n) is 3.20. The van der Waals surface area contributed by atoms with Crippen LogP contribution in [0.25, 0.3) is 0 Å². The van der Waals surface area contributed by atoms with Gasteiger partial charge in [-0.1, -0.05) is 13.8 Å². The molecule has 0 aromatic carbocycles. The van der Waals surface area contributed by atoms with E-state index in [2.05, 4.69) is 27.1 Å². The molecule has 7 nitrogen and oxygen atoms in total. The Balaban J connectivity index is 2.31. The van der Waals surface area contributed by atoms with Crippen LogP contribution in [0.15, 0.2) is 6.20 Å². The molecule has 2 rings (SSSR count). The molecule has 1 saturated carbocycles. The minimum atomic E-state index is -0.399. The Labute approximate surface area is 118 Å². The highest BCUT2D eigenvalue weighted by atomic mass is 16.6. The number of rotatable bonds is 8. The van der Waals surface area contributed by atoms with Crippen LogP contribution in [-0.4, -0.2) is 34.0 Å². The molecule has 1 fully saturated rings. The minimum Gasteiger partial charge on any atom is -0.354 e. The molecule has 0 atom stereocenters. The Morgan fingerprint density at radius 3 is 2.75 bits per heavy atom. The van der Waals surface area contributed by atoms with Crippen molar-refractivity contribution >= 4 is 17.5 Å². The third kappa shape index (κ3) is 3.34. The van der Waals surface area contributed by atoms with Gasteiger partial charge in [0.2, 0.25) is 11.8 Å². The van der Waals surface area contributed by atoms with Crippen molar-refractivity contribution in [3.63, 3.8) is 0 Å². The highest BCUT2D eigenvalue weighted by molar-refractivity contribution is 5.60. The SMILES string of the molecule is CCCNc1ncc([N+](=O)[O-])c(N(CCC)C2CC2)n1. The van der Waals surface area contributed by atoms with Crippen molar-refractivity contribution in [3.8, 4) is 0 Å². The summed E-state index contributed by atoms with van der Waals surface area (Å²) in [5.74, 6) is 0.919. The quantitative estimate of drug-likeness (QED) is 0.581. The highest BCUT2D eigenvalue weighted by Crippen LogP contribution is 2.35. The molecule has 110 valence electrons. The van der Waals surface area contributed by atoms with E-state index in [1.807, 2.05) is 6.92 Å². The molecule has 1 aromatic rings. The summed E-state index contributed by atoms with van der Waals surface area (Å²) < 4.78 is 0. The van der Waals surface area contributed by atoms with E-state index in [1.165, 1.54) is 6.20 Å². The molecule has 20 heavy (non-hydrogen) atoms. The number of hydrogen-bond donors (Lipinski definition) is 1. The summed E-state index contributed by atoms with van der Waals surface area (Å²) in [6, 6.07) is 0.391. The first-order valence-corrected chi connectivity index (χ1v) is 7.19. The first-order chi connectivity index (χ1) is 9.67. The normalized spacial score (nSPS) is 14.1. The summed E-state index contributed by atoms with van der Waals surface area (Å²) in [5, 5.41) is 14.3. The molecule has 0 saturated heterocycles. The average molecular weight is 279 g/mol. The van der Waals surface area contributed by atoms with Gasteiger partial charge in [-0.3, -0.25) is 10.1 Å². The van der Waals surface area contributed by atoms with E-state index in [4.69, 9.17) is 0 Å². The van der Waals surface area contributed by atoms with E-state index in [9.17, 15) is 10.1 Å². The van der Waals surface area contributed by atoms with Crippen molar-refractivity contribution in [2.24, 2.45) is 0 Å². The fourth-order valence-corrected chi connectivity index (χ4v) is 2.12. The van der Waals surface area contributed by atoms with Gasteiger partial charge in [0.15, 0.2) is 0 Å². The van der Waals surface area contributed by atoms with Crippen molar-refractivity contribution in [1.82, 2.24) is 9.97 Å². The van der Waals surface area contributed by atoms with Crippen LogP contribution in [0.4, 0.5) is 17.5 Å². The molecule has 0 unspecified atom stereocenters. The van der Waals surface area contributed by atoms with E-state index in [0.29, 0.717) is 17.8 Å². The summed E-state index contributed by atoms with van der Waals surface area (Å²) in [6.07, 6.45) is 5.37. The van der Waals surface area contributed by atoms with Crippen LogP contribution < -0.4 is 10.2 Å². The zero-order chi connectivity index (χ0) is 14.5. The standard InChI is InChI=1S/C13H21N5O2/c1-3-7-14-13-15-9-11(18(19)20)12(16-13)17(8-4-2)10-5-6-10/h9-10H,3-8H2,1-2H3,(H,14,15,16). The van der Waals surface area contributed by atoms with E-state index in [1.54, 1.807) is 0 Å². The maximum absolute atomic E-state index is 11.2. The summed E-state index contributed by atoms with van der Waals surface area (Å²) >= 11 is 0. The van der Waals surface area contributed by atoms with Crippen LogP contribution in [0.1, 0.15) is 39.5 Å². The van der Waals surface area contributed by atoms with Crippen LogP contribution in [0.2, 0.25) is 0 Å². The summed E-state index contributed by atoms with van der Waals surface area (Å²) in [4.78, 5) is 21.2. The van der Waals surface area contributed by atoms with E-state index < -0.39 is 4.92 Å². The molecule has 0 aliphatic heterocycles. The third-order valence-corrected chi connectivity index (χ3v) is 3.20. The lowest BCUT2D eigenvalue weighted by atomic mass is 10.3. The first-order valence-electron chi connectivity index (χ1n) is 7.19. The lowest BCUT2D eigenvalue weighted by Crippen LogP contribution is -2.28. The number of nitrogens with zero attached hydrogens (tertiary/aromatic N) is 4. The molecule has 0 amide bonds. The summed E-state index contributed by atoms with van der Waals surface area (Å²) in [7, 11) is 0. The van der Waals surface area contributed by atoms with Gasteiger partial charge in [-0.25, -0.2) is 4.98 Å². The largest absolute Gasteiger partial charge is 0.354 e. The molecule has 1 heterocycles. The predicted molar refractivity (Wildman–Crippen MR) is 78.1 cm³/mol. The van der Waals surface area contributed by atoms with Crippen LogP contribution in [-0.2, 0) is 0 Å². The maximum atomic E-state index is 11.2. The molecular weight excluding hydrogens is 258 g/mol. The van der Waals surface area contributed by atoms with Crippen LogP contribution >= 0.6 is 0 Å². The average Bonchev–Trinajstić information content (AvgIpc) is 3.26. The monoisotopic (exact) mass is 279 g/mol. The van der Waals surface area contributed by atoms with Crippen LogP contribution in [0, 0.1) is 10.1 Å². The first kappa shape index (κ1) is 14.5. The van der Waals surface area contributed by atoms with Crippen molar-refractivity contribution in [3.05, 3.63) is 16.3 Å². The number of anilines is 2. The Bertz CT molecular complexity index is 476. The second kappa shape index (κ2) is 6.49. The Hall–Kier alpha value is -1.92.